The molecule has 0 atom stereocenters. The number of nitrogens with one attached hydrogen (secondary N) is 2. The van der Waals surface area contributed by atoms with Crippen molar-refractivity contribution in [2.24, 2.45) is 0 Å². The Bertz CT molecular complexity index is 884. The molecule has 3 aromatic rings. The molecule has 1 heterocycles. The highest BCUT2D eigenvalue weighted by Crippen LogP contribution is 2.25. The predicted molar refractivity (Wildman–Crippen MR) is 105 cm³/mol. The van der Waals surface area contributed by atoms with Gasteiger partial charge in [0.15, 0.2) is 0 Å². The minimum Gasteiger partial charge on any atom is -0.403 e. The molecule has 2 aromatic carbocycles. The Morgan fingerprint density at radius 3 is 2.41 bits per heavy atom. The van der Waals surface area contributed by atoms with Gasteiger partial charge in [0.25, 0.3) is 5.91 Å². The number of carbonyl (C=O) groups excluding carboxylic acids is 1. The first-order chi connectivity index (χ1) is 13.3. The largest absolute Gasteiger partial charge is 0.403 e. The zero-order chi connectivity index (χ0) is 18.5. The van der Waals surface area contributed by atoms with E-state index >= 15 is 0 Å². The molecule has 0 radical (unpaired) electrons. The van der Waals surface area contributed by atoms with Crippen LogP contribution in [0, 0.1) is 0 Å². The van der Waals surface area contributed by atoms with Crippen LogP contribution >= 0.6 is 0 Å². The van der Waals surface area contributed by atoms with Gasteiger partial charge in [0, 0.05) is 22.9 Å². The van der Waals surface area contributed by atoms with Gasteiger partial charge in [-0.05, 0) is 49.2 Å². The number of benzene rings is 2. The lowest BCUT2D eigenvalue weighted by Gasteiger charge is -2.21. The zero-order valence-corrected chi connectivity index (χ0v) is 15.0. The highest BCUT2D eigenvalue weighted by Gasteiger charge is 2.16. The maximum absolute atomic E-state index is 12.2. The predicted octanol–water partition coefficient (Wildman–Crippen LogP) is 4.73. The van der Waals surface area contributed by atoms with Crippen LogP contribution in [0.3, 0.4) is 0 Å². The van der Waals surface area contributed by atoms with Crippen molar-refractivity contribution in [2.75, 3.05) is 10.6 Å². The standard InChI is InChI=1S/C21H22N4O2/c26-19(15-7-3-1-4-8-15)22-18-13-11-16(12-14-18)20-24-25-21(27-20)23-17-9-5-2-6-10-17/h1,3-4,7-8,11-14,17H,2,5-6,9-10H2,(H,22,26)(H,23,25). The molecule has 0 saturated heterocycles. The monoisotopic (exact) mass is 362 g/mol. The number of carbonyl (C=O) groups is 1. The summed E-state index contributed by atoms with van der Waals surface area (Å²) in [7, 11) is 0. The summed E-state index contributed by atoms with van der Waals surface area (Å²) in [6.45, 7) is 0. The molecule has 0 unspecified atom stereocenters. The summed E-state index contributed by atoms with van der Waals surface area (Å²) in [5, 5.41) is 14.4. The molecule has 0 bridgehead atoms. The summed E-state index contributed by atoms with van der Waals surface area (Å²) in [5.41, 5.74) is 2.15. The summed E-state index contributed by atoms with van der Waals surface area (Å²) >= 11 is 0. The lowest BCUT2D eigenvalue weighted by molar-refractivity contribution is 0.102. The minimum absolute atomic E-state index is 0.139. The van der Waals surface area contributed by atoms with Gasteiger partial charge in [-0.15, -0.1) is 5.10 Å². The van der Waals surface area contributed by atoms with Crippen LogP contribution in [0.2, 0.25) is 0 Å². The molecule has 0 spiro atoms. The molecule has 6 nitrogen and oxygen atoms in total. The van der Waals surface area contributed by atoms with Crippen molar-refractivity contribution in [3.05, 3.63) is 60.2 Å². The van der Waals surface area contributed by atoms with Crippen LogP contribution in [-0.2, 0) is 0 Å². The van der Waals surface area contributed by atoms with Crippen molar-refractivity contribution in [1.29, 1.82) is 0 Å². The molecule has 4 rings (SSSR count). The van der Waals surface area contributed by atoms with E-state index in [0.717, 1.165) is 18.4 Å². The third-order valence-electron chi connectivity index (χ3n) is 4.78. The molecule has 1 aliphatic rings. The van der Waals surface area contributed by atoms with Crippen molar-refractivity contribution >= 4 is 17.6 Å². The van der Waals surface area contributed by atoms with E-state index in [4.69, 9.17) is 4.42 Å². The Kier molecular flexibility index (Phi) is 5.14. The van der Waals surface area contributed by atoms with Gasteiger partial charge >= 0.3 is 6.01 Å². The Morgan fingerprint density at radius 1 is 0.926 bits per heavy atom. The first-order valence-corrected chi connectivity index (χ1v) is 9.35. The van der Waals surface area contributed by atoms with Crippen LogP contribution in [0.15, 0.2) is 59.0 Å². The molecule has 2 N–H and O–H groups in total. The number of aromatic nitrogens is 2. The molecule has 1 aromatic heterocycles. The lowest BCUT2D eigenvalue weighted by Crippen LogP contribution is -2.22. The number of anilines is 2. The van der Waals surface area contributed by atoms with Crippen molar-refractivity contribution in [1.82, 2.24) is 10.2 Å². The third kappa shape index (κ3) is 4.34. The van der Waals surface area contributed by atoms with Crippen molar-refractivity contribution in [3.8, 4) is 11.5 Å². The normalized spacial score (nSPS) is 14.7. The SMILES string of the molecule is O=C(Nc1ccc(-c2nnc(NC3CCCCC3)o2)cc1)c1ccccc1. The number of nitrogens with zero attached hydrogens (tertiary/aromatic N) is 2. The summed E-state index contributed by atoms with van der Waals surface area (Å²) in [6.07, 6.45) is 6.09. The molecule has 6 heteroatoms. The molecular formula is C21H22N4O2. The molecule has 27 heavy (non-hydrogen) atoms. The minimum atomic E-state index is -0.139. The first-order valence-electron chi connectivity index (χ1n) is 9.35. The fraction of sp³-hybridized carbons (Fsp3) is 0.286. The topological polar surface area (TPSA) is 80.0 Å². The lowest BCUT2D eigenvalue weighted by atomic mass is 9.96. The summed E-state index contributed by atoms with van der Waals surface area (Å²) in [5.74, 6) is 0.328. The van der Waals surface area contributed by atoms with Crippen molar-refractivity contribution in [3.63, 3.8) is 0 Å². The van der Waals surface area contributed by atoms with Crippen LogP contribution in [0.4, 0.5) is 11.7 Å². The van der Waals surface area contributed by atoms with Gasteiger partial charge in [-0.2, -0.15) is 0 Å². The Morgan fingerprint density at radius 2 is 1.67 bits per heavy atom. The van der Waals surface area contributed by atoms with Crippen LogP contribution < -0.4 is 10.6 Å². The Labute approximate surface area is 158 Å². The maximum Gasteiger partial charge on any atom is 0.315 e. The Balaban J connectivity index is 1.39. The summed E-state index contributed by atoms with van der Waals surface area (Å²) in [6, 6.07) is 17.4. The second kappa shape index (κ2) is 8.03. The van der Waals surface area contributed by atoms with Gasteiger partial charge < -0.3 is 15.1 Å². The quantitative estimate of drug-likeness (QED) is 0.686. The number of rotatable bonds is 5. The van der Waals surface area contributed by atoms with Crippen LogP contribution in [0.5, 0.6) is 0 Å². The van der Waals surface area contributed by atoms with Gasteiger partial charge in [0.1, 0.15) is 0 Å². The second-order valence-corrected chi connectivity index (χ2v) is 6.79. The van der Waals surface area contributed by atoms with E-state index in [-0.39, 0.29) is 5.91 Å². The fourth-order valence-corrected chi connectivity index (χ4v) is 3.31. The summed E-state index contributed by atoms with van der Waals surface area (Å²) < 4.78 is 5.74. The van der Waals surface area contributed by atoms with Gasteiger partial charge in [0.2, 0.25) is 5.89 Å². The van der Waals surface area contributed by atoms with E-state index in [1.165, 1.54) is 19.3 Å². The number of amides is 1. The van der Waals surface area contributed by atoms with E-state index in [1.54, 1.807) is 12.1 Å². The van der Waals surface area contributed by atoms with Crippen molar-refractivity contribution < 1.29 is 9.21 Å². The Hall–Kier alpha value is -3.15. The zero-order valence-electron chi connectivity index (χ0n) is 15.0. The third-order valence-corrected chi connectivity index (χ3v) is 4.78. The fourth-order valence-electron chi connectivity index (χ4n) is 3.31. The first kappa shape index (κ1) is 17.3. The van der Waals surface area contributed by atoms with Crippen molar-refractivity contribution in [2.45, 2.75) is 38.1 Å². The second-order valence-electron chi connectivity index (χ2n) is 6.79. The van der Waals surface area contributed by atoms with Gasteiger partial charge in [-0.25, -0.2) is 0 Å². The molecule has 1 saturated carbocycles. The average Bonchev–Trinajstić information content (AvgIpc) is 3.18. The molecular weight excluding hydrogens is 340 g/mol. The van der Waals surface area contributed by atoms with E-state index in [1.807, 2.05) is 42.5 Å². The number of hydrogen-bond donors (Lipinski definition) is 2. The van der Waals surface area contributed by atoms with Gasteiger partial charge in [-0.1, -0.05) is 42.6 Å². The van der Waals surface area contributed by atoms with Gasteiger partial charge in [-0.3, -0.25) is 4.79 Å². The van der Waals surface area contributed by atoms with Crippen LogP contribution in [0.1, 0.15) is 42.5 Å². The van der Waals surface area contributed by atoms with Gasteiger partial charge in [0.05, 0.1) is 0 Å². The molecule has 0 aliphatic heterocycles. The molecule has 138 valence electrons. The summed E-state index contributed by atoms with van der Waals surface area (Å²) in [4.78, 5) is 12.2. The molecule has 1 aliphatic carbocycles. The number of hydrogen-bond acceptors (Lipinski definition) is 5. The smallest absolute Gasteiger partial charge is 0.315 e. The van der Waals surface area contributed by atoms with E-state index in [0.29, 0.717) is 29.2 Å². The maximum atomic E-state index is 12.2. The molecule has 1 fully saturated rings. The van der Waals surface area contributed by atoms with E-state index in [9.17, 15) is 4.79 Å². The van der Waals surface area contributed by atoms with E-state index in [2.05, 4.69) is 20.8 Å². The average molecular weight is 362 g/mol. The van der Waals surface area contributed by atoms with Crippen LogP contribution in [-0.4, -0.2) is 22.1 Å². The van der Waals surface area contributed by atoms with E-state index < -0.39 is 0 Å². The van der Waals surface area contributed by atoms with Crippen LogP contribution in [0.25, 0.3) is 11.5 Å². The molecule has 1 amide bonds. The highest BCUT2D eigenvalue weighted by atomic mass is 16.4. The highest BCUT2D eigenvalue weighted by molar-refractivity contribution is 6.04.